The van der Waals surface area contributed by atoms with E-state index in [2.05, 4.69) is 18.4 Å². The number of rotatable bonds is 12. The molecule has 0 amide bonds. The lowest BCUT2D eigenvalue weighted by molar-refractivity contribution is -0.144. The molecule has 0 spiro atoms. The van der Waals surface area contributed by atoms with Crippen LogP contribution in [0.15, 0.2) is 12.7 Å². The van der Waals surface area contributed by atoms with Gasteiger partial charge in [-0.2, -0.15) is 0 Å². The molecule has 0 aromatic rings. The first-order valence-electron chi connectivity index (χ1n) is 7.23. The van der Waals surface area contributed by atoms with Gasteiger partial charge in [0, 0.05) is 6.54 Å². The normalized spacial score (nSPS) is 10.6. The molecule has 0 aliphatic heterocycles. The van der Waals surface area contributed by atoms with Gasteiger partial charge in [-0.1, -0.05) is 45.1 Å². The highest BCUT2D eigenvalue weighted by atomic mass is 16.5. The predicted octanol–water partition coefficient (Wildman–Crippen LogP) is 3.40. The molecule has 0 rings (SSSR count). The van der Waals surface area contributed by atoms with Crippen molar-refractivity contribution >= 4 is 5.97 Å². The fourth-order valence-corrected chi connectivity index (χ4v) is 1.92. The lowest BCUT2D eigenvalue weighted by Gasteiger charge is -2.19. The van der Waals surface area contributed by atoms with Crippen molar-refractivity contribution in [1.29, 1.82) is 0 Å². The summed E-state index contributed by atoms with van der Waals surface area (Å²) in [6, 6.07) is 0. The number of ether oxygens (including phenoxy) is 1. The number of hydrogen-bond donors (Lipinski definition) is 0. The smallest absolute Gasteiger partial charge is 0.320 e. The highest BCUT2D eigenvalue weighted by molar-refractivity contribution is 5.71. The van der Waals surface area contributed by atoms with E-state index in [0.717, 1.165) is 19.5 Å². The van der Waals surface area contributed by atoms with Crippen molar-refractivity contribution in [2.75, 3.05) is 26.2 Å². The molecule has 0 fully saturated rings. The van der Waals surface area contributed by atoms with Crippen LogP contribution in [0.5, 0.6) is 0 Å². The van der Waals surface area contributed by atoms with Crippen LogP contribution in [-0.2, 0) is 9.53 Å². The molecule has 0 aliphatic carbocycles. The quantitative estimate of drug-likeness (QED) is 0.304. The summed E-state index contributed by atoms with van der Waals surface area (Å²) in [7, 11) is 0. The van der Waals surface area contributed by atoms with Crippen LogP contribution >= 0.6 is 0 Å². The third kappa shape index (κ3) is 10.3. The maximum atomic E-state index is 11.4. The summed E-state index contributed by atoms with van der Waals surface area (Å²) in [5.74, 6) is -0.134. The average molecular weight is 255 g/mol. The van der Waals surface area contributed by atoms with Crippen LogP contribution in [0.4, 0.5) is 0 Å². The molecule has 0 heterocycles. The van der Waals surface area contributed by atoms with Crippen molar-refractivity contribution in [3.8, 4) is 0 Å². The Bertz CT molecular complexity index is 217. The number of hydrogen-bond acceptors (Lipinski definition) is 3. The van der Waals surface area contributed by atoms with Gasteiger partial charge in [0.2, 0.25) is 0 Å². The van der Waals surface area contributed by atoms with Gasteiger partial charge in [-0.3, -0.25) is 9.69 Å². The Labute approximate surface area is 112 Å². The molecule has 0 saturated carbocycles. The molecule has 0 aromatic carbocycles. The zero-order chi connectivity index (χ0) is 13.6. The molecule has 18 heavy (non-hydrogen) atoms. The highest BCUT2D eigenvalue weighted by Gasteiger charge is 2.09. The van der Waals surface area contributed by atoms with Crippen molar-refractivity contribution < 1.29 is 9.53 Å². The second-order valence-corrected chi connectivity index (χ2v) is 4.60. The van der Waals surface area contributed by atoms with E-state index >= 15 is 0 Å². The lowest BCUT2D eigenvalue weighted by Crippen LogP contribution is -2.32. The van der Waals surface area contributed by atoms with E-state index in [-0.39, 0.29) is 5.97 Å². The summed E-state index contributed by atoms with van der Waals surface area (Å²) in [6.45, 7) is 10.3. The summed E-state index contributed by atoms with van der Waals surface area (Å²) in [5.41, 5.74) is 0. The molecule has 0 unspecified atom stereocenters. The maximum Gasteiger partial charge on any atom is 0.320 e. The Morgan fingerprint density at radius 1 is 1.17 bits per heavy atom. The van der Waals surface area contributed by atoms with E-state index in [1.165, 1.54) is 32.1 Å². The van der Waals surface area contributed by atoms with Crippen molar-refractivity contribution in [2.24, 2.45) is 0 Å². The average Bonchev–Trinajstić information content (AvgIpc) is 2.34. The first kappa shape index (κ1) is 17.2. The van der Waals surface area contributed by atoms with Gasteiger partial charge in [0.1, 0.15) is 0 Å². The maximum absolute atomic E-state index is 11.4. The van der Waals surface area contributed by atoms with Crippen molar-refractivity contribution in [2.45, 2.75) is 52.4 Å². The predicted molar refractivity (Wildman–Crippen MR) is 76.6 cm³/mol. The Morgan fingerprint density at radius 2 is 1.83 bits per heavy atom. The second kappa shape index (κ2) is 12.6. The van der Waals surface area contributed by atoms with E-state index in [1.54, 1.807) is 0 Å². The van der Waals surface area contributed by atoms with Gasteiger partial charge in [0.05, 0.1) is 13.2 Å². The van der Waals surface area contributed by atoms with Crippen LogP contribution < -0.4 is 0 Å². The summed E-state index contributed by atoms with van der Waals surface area (Å²) in [4.78, 5) is 13.5. The first-order chi connectivity index (χ1) is 8.74. The highest BCUT2D eigenvalue weighted by Crippen LogP contribution is 2.06. The largest absolute Gasteiger partial charge is 0.465 e. The van der Waals surface area contributed by atoms with Gasteiger partial charge in [-0.25, -0.2) is 0 Å². The van der Waals surface area contributed by atoms with E-state index in [0.29, 0.717) is 13.2 Å². The van der Waals surface area contributed by atoms with Gasteiger partial charge in [-0.15, -0.1) is 6.58 Å². The molecule has 0 bridgehead atoms. The molecule has 3 heteroatoms. The van der Waals surface area contributed by atoms with Crippen molar-refractivity contribution in [3.05, 3.63) is 12.7 Å². The summed E-state index contributed by atoms with van der Waals surface area (Å²) >= 11 is 0. The van der Waals surface area contributed by atoms with Crippen LogP contribution in [0.3, 0.4) is 0 Å². The first-order valence-corrected chi connectivity index (χ1v) is 7.23. The van der Waals surface area contributed by atoms with Crippen molar-refractivity contribution in [1.82, 2.24) is 4.90 Å². The minimum absolute atomic E-state index is 0.134. The van der Waals surface area contributed by atoms with Gasteiger partial charge in [0.25, 0.3) is 0 Å². The number of carbonyl (C=O) groups excluding carboxylic acids is 1. The molecule has 0 N–H and O–H groups in total. The van der Waals surface area contributed by atoms with E-state index in [4.69, 9.17) is 4.74 Å². The van der Waals surface area contributed by atoms with Gasteiger partial charge in [0.15, 0.2) is 0 Å². The minimum Gasteiger partial charge on any atom is -0.465 e. The van der Waals surface area contributed by atoms with E-state index < -0.39 is 0 Å². The summed E-state index contributed by atoms with van der Waals surface area (Å²) < 4.78 is 4.96. The number of carbonyl (C=O) groups is 1. The summed E-state index contributed by atoms with van der Waals surface area (Å²) in [6.07, 6.45) is 9.49. The van der Waals surface area contributed by atoms with Crippen LogP contribution in [0.1, 0.15) is 52.4 Å². The van der Waals surface area contributed by atoms with E-state index in [1.807, 2.05) is 13.0 Å². The fraction of sp³-hybridized carbons (Fsp3) is 0.800. The minimum atomic E-state index is -0.134. The van der Waals surface area contributed by atoms with Gasteiger partial charge < -0.3 is 4.74 Å². The van der Waals surface area contributed by atoms with Gasteiger partial charge in [-0.05, 0) is 19.9 Å². The van der Waals surface area contributed by atoms with Gasteiger partial charge >= 0.3 is 5.97 Å². The lowest BCUT2D eigenvalue weighted by atomic mass is 10.1. The Morgan fingerprint density at radius 3 is 2.44 bits per heavy atom. The molecule has 0 aromatic heterocycles. The van der Waals surface area contributed by atoms with E-state index in [9.17, 15) is 4.79 Å². The topological polar surface area (TPSA) is 29.5 Å². The zero-order valence-corrected chi connectivity index (χ0v) is 12.1. The second-order valence-electron chi connectivity index (χ2n) is 4.60. The van der Waals surface area contributed by atoms with Crippen molar-refractivity contribution in [3.63, 3.8) is 0 Å². The molecule has 0 radical (unpaired) electrons. The third-order valence-corrected chi connectivity index (χ3v) is 2.87. The molecule has 0 saturated heterocycles. The molecule has 0 aliphatic rings. The zero-order valence-electron chi connectivity index (χ0n) is 12.1. The standard InChI is InChI=1S/C15H29NO2/c1-4-7-8-9-10-11-13-16(12-5-2)14-15(17)18-6-3/h5H,2,4,6-14H2,1,3H3. The third-order valence-electron chi connectivity index (χ3n) is 2.87. The number of unbranched alkanes of at least 4 members (excludes halogenated alkanes) is 5. The Kier molecular flexibility index (Phi) is 12.0. The van der Waals surface area contributed by atoms with Crippen LogP contribution in [0.25, 0.3) is 0 Å². The molecule has 0 atom stereocenters. The Balaban J connectivity index is 3.68. The molecule has 3 nitrogen and oxygen atoms in total. The SMILES string of the molecule is C=CCN(CCCCCCCC)CC(=O)OCC. The fourth-order valence-electron chi connectivity index (χ4n) is 1.92. The summed E-state index contributed by atoms with van der Waals surface area (Å²) in [5, 5.41) is 0. The number of nitrogens with zero attached hydrogens (tertiary/aromatic N) is 1. The molecular weight excluding hydrogens is 226 g/mol. The van der Waals surface area contributed by atoms with Crippen LogP contribution in [0, 0.1) is 0 Å². The monoisotopic (exact) mass is 255 g/mol. The molecule has 106 valence electrons. The Hall–Kier alpha value is -0.830. The number of esters is 1. The van der Waals surface area contributed by atoms with Crippen LogP contribution in [-0.4, -0.2) is 37.1 Å². The molecular formula is C15H29NO2. The van der Waals surface area contributed by atoms with Crippen LogP contribution in [0.2, 0.25) is 0 Å².